The first-order chi connectivity index (χ1) is 7.77. The van der Waals surface area contributed by atoms with Gasteiger partial charge < -0.3 is 13.7 Å². The second-order valence-electron chi connectivity index (χ2n) is 4.66. The topological polar surface area (TPSA) is 40.2 Å². The van der Waals surface area contributed by atoms with E-state index in [1.54, 1.807) is 12.5 Å². The molecule has 0 radical (unpaired) electrons. The highest BCUT2D eigenvalue weighted by atomic mass is 16.5. The maximum Gasteiger partial charge on any atom is 0.176 e. The number of nitrogens with zero attached hydrogens (tertiary/aromatic N) is 2. The van der Waals surface area contributed by atoms with Gasteiger partial charge in [-0.2, -0.15) is 0 Å². The molecule has 0 unspecified atom stereocenters. The molecule has 2 aromatic rings. The largest absolute Gasteiger partial charge is 0.461 e. The quantitative estimate of drug-likeness (QED) is 0.792. The van der Waals surface area contributed by atoms with Crippen LogP contribution in [0.3, 0.4) is 0 Å². The molecule has 84 valence electrons. The molecule has 0 bridgehead atoms. The van der Waals surface area contributed by atoms with Crippen molar-refractivity contribution in [3.63, 3.8) is 0 Å². The Bertz CT molecular complexity index is 469. The minimum Gasteiger partial charge on any atom is -0.461 e. The van der Waals surface area contributed by atoms with Gasteiger partial charge in [0.25, 0.3) is 0 Å². The van der Waals surface area contributed by atoms with Crippen molar-refractivity contribution in [3.05, 3.63) is 30.8 Å². The van der Waals surface area contributed by atoms with E-state index >= 15 is 0 Å². The van der Waals surface area contributed by atoms with E-state index < -0.39 is 0 Å². The third kappa shape index (κ3) is 1.55. The van der Waals surface area contributed by atoms with Gasteiger partial charge in [-0.05, 0) is 12.1 Å². The van der Waals surface area contributed by atoms with E-state index in [1.165, 1.54) is 0 Å². The molecule has 4 heteroatoms. The molecule has 0 saturated carbocycles. The zero-order chi connectivity index (χ0) is 11.0. The average molecular weight is 218 g/mol. The molecule has 0 aliphatic carbocycles. The van der Waals surface area contributed by atoms with Gasteiger partial charge >= 0.3 is 0 Å². The molecule has 1 aliphatic heterocycles. The van der Waals surface area contributed by atoms with Crippen LogP contribution in [0.2, 0.25) is 0 Å². The molecule has 3 rings (SSSR count). The van der Waals surface area contributed by atoms with Crippen LogP contribution >= 0.6 is 0 Å². The Morgan fingerprint density at radius 1 is 1.50 bits per heavy atom. The number of hydrogen-bond donors (Lipinski definition) is 0. The minimum absolute atomic E-state index is 0.238. The van der Waals surface area contributed by atoms with E-state index in [2.05, 4.69) is 16.5 Å². The van der Waals surface area contributed by atoms with Crippen molar-refractivity contribution in [1.29, 1.82) is 0 Å². The van der Waals surface area contributed by atoms with E-state index in [0.717, 1.165) is 31.3 Å². The summed E-state index contributed by atoms with van der Waals surface area (Å²) in [6.07, 6.45) is 5.46. The summed E-state index contributed by atoms with van der Waals surface area (Å²) in [5, 5.41) is 0. The molecule has 0 N–H and O–H groups in total. The predicted octanol–water partition coefficient (Wildman–Crippen LogP) is 2.18. The SMILES string of the molecule is CC1(Cn2ccnc2-c2ccco2)COC1. The van der Waals surface area contributed by atoms with Crippen molar-refractivity contribution in [2.45, 2.75) is 13.5 Å². The van der Waals surface area contributed by atoms with E-state index in [0.29, 0.717) is 0 Å². The maximum atomic E-state index is 5.37. The molecular weight excluding hydrogens is 204 g/mol. The van der Waals surface area contributed by atoms with Crippen LogP contribution in [0.1, 0.15) is 6.92 Å². The van der Waals surface area contributed by atoms with Gasteiger partial charge in [0.2, 0.25) is 0 Å². The summed E-state index contributed by atoms with van der Waals surface area (Å²) in [6, 6.07) is 3.81. The molecule has 1 fully saturated rings. The number of rotatable bonds is 3. The normalized spacial score (nSPS) is 18.3. The van der Waals surface area contributed by atoms with Gasteiger partial charge in [-0.15, -0.1) is 0 Å². The van der Waals surface area contributed by atoms with Crippen LogP contribution in [0.5, 0.6) is 0 Å². The number of furan rings is 1. The molecule has 1 aliphatic rings. The maximum absolute atomic E-state index is 5.37. The van der Waals surface area contributed by atoms with Crippen molar-refractivity contribution >= 4 is 0 Å². The Hall–Kier alpha value is -1.55. The highest BCUT2D eigenvalue weighted by Crippen LogP contribution is 2.30. The standard InChI is InChI=1S/C12H14N2O2/c1-12(8-15-9-12)7-14-5-4-13-11(14)10-3-2-6-16-10/h2-6H,7-9H2,1H3. The van der Waals surface area contributed by atoms with Crippen molar-refractivity contribution < 1.29 is 9.15 Å². The Kier molecular flexibility index (Phi) is 2.11. The Balaban J connectivity index is 1.88. The molecule has 0 spiro atoms. The molecule has 0 aromatic carbocycles. The number of aromatic nitrogens is 2. The first-order valence-corrected chi connectivity index (χ1v) is 5.40. The first-order valence-electron chi connectivity index (χ1n) is 5.40. The molecule has 16 heavy (non-hydrogen) atoms. The molecule has 1 saturated heterocycles. The summed E-state index contributed by atoms with van der Waals surface area (Å²) in [5.74, 6) is 1.70. The smallest absolute Gasteiger partial charge is 0.176 e. The van der Waals surface area contributed by atoms with E-state index in [-0.39, 0.29) is 5.41 Å². The molecular formula is C12H14N2O2. The molecule has 0 amide bonds. The van der Waals surface area contributed by atoms with Gasteiger partial charge in [0.05, 0.1) is 19.5 Å². The lowest BCUT2D eigenvalue weighted by molar-refractivity contribution is -0.109. The van der Waals surface area contributed by atoms with Crippen molar-refractivity contribution in [3.8, 4) is 11.6 Å². The third-order valence-corrected chi connectivity index (χ3v) is 2.91. The average Bonchev–Trinajstić information content (AvgIpc) is 2.83. The minimum atomic E-state index is 0.238. The number of imidazole rings is 1. The summed E-state index contributed by atoms with van der Waals surface area (Å²) in [6.45, 7) is 4.79. The van der Waals surface area contributed by atoms with Gasteiger partial charge in [-0.1, -0.05) is 6.92 Å². The van der Waals surface area contributed by atoms with Crippen molar-refractivity contribution in [1.82, 2.24) is 9.55 Å². The zero-order valence-electron chi connectivity index (χ0n) is 9.22. The fraction of sp³-hybridized carbons (Fsp3) is 0.417. The monoisotopic (exact) mass is 218 g/mol. The van der Waals surface area contributed by atoms with Crippen molar-refractivity contribution in [2.24, 2.45) is 5.41 Å². The van der Waals surface area contributed by atoms with Gasteiger partial charge in [-0.3, -0.25) is 0 Å². The molecule has 2 aromatic heterocycles. The van der Waals surface area contributed by atoms with Crippen LogP contribution in [-0.2, 0) is 11.3 Å². The van der Waals surface area contributed by atoms with Crippen LogP contribution in [0.25, 0.3) is 11.6 Å². The summed E-state index contributed by atoms with van der Waals surface area (Å²) >= 11 is 0. The first kappa shape index (κ1) is 9.66. The summed E-state index contributed by atoms with van der Waals surface area (Å²) < 4.78 is 12.8. The second-order valence-corrected chi connectivity index (χ2v) is 4.66. The Morgan fingerprint density at radius 2 is 2.38 bits per heavy atom. The Labute approximate surface area is 93.9 Å². The lowest BCUT2D eigenvalue weighted by atomic mass is 9.88. The van der Waals surface area contributed by atoms with E-state index in [9.17, 15) is 0 Å². The second kappa shape index (κ2) is 3.49. The Morgan fingerprint density at radius 3 is 3.00 bits per heavy atom. The lowest BCUT2D eigenvalue weighted by Gasteiger charge is -2.38. The summed E-state index contributed by atoms with van der Waals surface area (Å²) in [7, 11) is 0. The molecule has 0 atom stereocenters. The van der Waals surface area contributed by atoms with E-state index in [4.69, 9.17) is 9.15 Å². The predicted molar refractivity (Wildman–Crippen MR) is 58.9 cm³/mol. The highest BCUT2D eigenvalue weighted by Gasteiger charge is 2.34. The van der Waals surface area contributed by atoms with Gasteiger partial charge in [-0.25, -0.2) is 4.98 Å². The number of hydrogen-bond acceptors (Lipinski definition) is 3. The van der Waals surface area contributed by atoms with Gasteiger partial charge in [0.15, 0.2) is 11.6 Å². The van der Waals surface area contributed by atoms with Crippen LogP contribution < -0.4 is 0 Å². The van der Waals surface area contributed by atoms with Crippen LogP contribution in [0, 0.1) is 5.41 Å². The number of ether oxygens (including phenoxy) is 1. The third-order valence-electron chi connectivity index (χ3n) is 2.91. The molecule has 3 heterocycles. The van der Waals surface area contributed by atoms with E-state index in [1.807, 2.05) is 18.3 Å². The summed E-state index contributed by atoms with van der Waals surface area (Å²) in [4.78, 5) is 4.33. The highest BCUT2D eigenvalue weighted by molar-refractivity contribution is 5.46. The van der Waals surface area contributed by atoms with Crippen LogP contribution in [0.4, 0.5) is 0 Å². The summed E-state index contributed by atoms with van der Waals surface area (Å²) in [5.41, 5.74) is 0.238. The molecule has 4 nitrogen and oxygen atoms in total. The van der Waals surface area contributed by atoms with Gasteiger partial charge in [0, 0.05) is 24.4 Å². The zero-order valence-corrected chi connectivity index (χ0v) is 9.22. The van der Waals surface area contributed by atoms with Crippen LogP contribution in [0.15, 0.2) is 35.2 Å². The fourth-order valence-electron chi connectivity index (χ4n) is 2.02. The van der Waals surface area contributed by atoms with Crippen LogP contribution in [-0.4, -0.2) is 22.8 Å². The van der Waals surface area contributed by atoms with Gasteiger partial charge in [0.1, 0.15) is 0 Å². The fourth-order valence-corrected chi connectivity index (χ4v) is 2.02. The van der Waals surface area contributed by atoms with Crippen molar-refractivity contribution in [2.75, 3.05) is 13.2 Å². The lowest BCUT2D eigenvalue weighted by Crippen LogP contribution is -2.43.